The highest BCUT2D eigenvalue weighted by molar-refractivity contribution is 5.66. The van der Waals surface area contributed by atoms with Crippen molar-refractivity contribution in [1.29, 1.82) is 0 Å². The first kappa shape index (κ1) is 75.5. The number of hydrogen-bond acceptors (Lipinski definition) is 14. The summed E-state index contributed by atoms with van der Waals surface area (Å²) >= 11 is 0. The summed E-state index contributed by atoms with van der Waals surface area (Å²) in [4.78, 5) is 20.7. The minimum atomic E-state index is -1.76. The number of carboxylic acid groups (broad SMARTS) is 2. The van der Waals surface area contributed by atoms with Crippen LogP contribution in [-0.2, 0) is 9.59 Å². The third-order valence-corrected chi connectivity index (χ3v) is 11.7. The van der Waals surface area contributed by atoms with Crippen molar-refractivity contribution in [3.05, 3.63) is 23.7 Å². The molecular weight excluding hydrogens is 897 g/mol. The van der Waals surface area contributed by atoms with Crippen molar-refractivity contribution in [1.82, 2.24) is 0 Å². The average Bonchev–Trinajstić information content (AvgIpc) is 3.34. The van der Waals surface area contributed by atoms with Gasteiger partial charge in [-0.25, -0.2) is 0 Å². The number of allylic oxidation sites excluding steroid dienone is 2. The van der Waals surface area contributed by atoms with Gasteiger partial charge in [-0.2, -0.15) is 0 Å². The van der Waals surface area contributed by atoms with E-state index in [2.05, 4.69) is 13.8 Å². The summed E-state index contributed by atoms with van der Waals surface area (Å²) in [6.07, 6.45) is 29.2. The highest BCUT2D eigenvalue weighted by atomic mass is 16.4. The summed E-state index contributed by atoms with van der Waals surface area (Å²) in [7, 11) is 0. The maximum Gasteiger partial charge on any atom is 0.303 e. The van der Waals surface area contributed by atoms with Gasteiger partial charge in [0.2, 0.25) is 0 Å². The third-order valence-electron chi connectivity index (χ3n) is 11.7. The molecule has 0 amide bonds. The number of aliphatic hydroxyl groups is 12. The van der Waals surface area contributed by atoms with Crippen LogP contribution < -0.4 is 0 Å². The van der Waals surface area contributed by atoms with Crippen molar-refractivity contribution < 1.29 is 86.6 Å². The molecule has 0 aliphatic heterocycles. The molecule has 16 N–H and O–H groups in total. The molecule has 0 radical (unpaired) electrons. The normalized spacial score (nSPS) is 15.0. The molecule has 8 unspecified atom stereocenters. The molecule has 17 heteroatoms. The first-order chi connectivity index (χ1) is 32.4. The van der Waals surface area contributed by atoms with Crippen molar-refractivity contribution in [3.63, 3.8) is 0 Å². The summed E-state index contributed by atoms with van der Waals surface area (Å²) in [6.45, 7) is 5.90. The van der Waals surface area contributed by atoms with E-state index in [1.165, 1.54) is 181 Å². The molecule has 0 rings (SSSR count). The Balaban J connectivity index is -0.000000266. The maximum absolute atomic E-state index is 10.3. The van der Waals surface area contributed by atoms with E-state index >= 15 is 0 Å². The molecule has 0 aromatic heterocycles. The van der Waals surface area contributed by atoms with Gasteiger partial charge in [0.1, 0.15) is 60.4 Å². The molecule has 0 aliphatic carbocycles. The molecule has 0 bridgehead atoms. The first-order valence-corrected chi connectivity index (χ1v) is 26.2. The Bertz CT molecular complexity index is 1050. The lowest BCUT2D eigenvalue weighted by molar-refractivity contribution is -0.138. The molecule has 0 aliphatic rings. The van der Waals surface area contributed by atoms with E-state index in [4.69, 9.17) is 51.1 Å². The monoisotopic (exact) mass is 1000 g/mol. The molecule has 0 fully saturated rings. The molecule has 0 heterocycles. The second kappa shape index (κ2) is 56.5. The van der Waals surface area contributed by atoms with Crippen LogP contribution in [0, 0.1) is 0 Å². The Labute approximate surface area is 416 Å². The van der Waals surface area contributed by atoms with E-state index < -0.39 is 85.5 Å². The fraction of sp³-hybridized carbons (Fsp3) is 0.885. The van der Waals surface area contributed by atoms with Gasteiger partial charge < -0.3 is 77.0 Å². The summed E-state index contributed by atoms with van der Waals surface area (Å²) < 4.78 is 0. The van der Waals surface area contributed by atoms with E-state index in [1.54, 1.807) is 0 Å². The van der Waals surface area contributed by atoms with Gasteiger partial charge in [-0.3, -0.25) is 9.59 Å². The van der Waals surface area contributed by atoms with Crippen molar-refractivity contribution in [2.75, 3.05) is 13.2 Å². The van der Waals surface area contributed by atoms with Crippen LogP contribution in [0.25, 0.3) is 0 Å². The van der Waals surface area contributed by atoms with Crippen LogP contribution in [0.5, 0.6) is 0 Å². The largest absolute Gasteiger partial charge is 0.510 e. The summed E-state index contributed by atoms with van der Waals surface area (Å²) in [6, 6.07) is 0. The zero-order valence-corrected chi connectivity index (χ0v) is 43.4. The summed E-state index contributed by atoms with van der Waals surface area (Å²) in [5.41, 5.74) is 0. The third kappa shape index (κ3) is 51.7. The predicted molar refractivity (Wildman–Crippen MR) is 273 cm³/mol. The Morgan fingerprint density at radius 3 is 0.696 bits per heavy atom. The van der Waals surface area contributed by atoms with Crippen LogP contribution in [-0.4, -0.2) is 151 Å². The van der Waals surface area contributed by atoms with E-state index in [1.807, 2.05) is 0 Å². The van der Waals surface area contributed by atoms with Gasteiger partial charge in [0.25, 0.3) is 0 Å². The van der Waals surface area contributed by atoms with E-state index in [9.17, 15) is 30.0 Å². The number of aliphatic carboxylic acids is 2. The SMILES string of the molecule is CC=C(O)C(O)C(O)C(O)C(O)CO.CC=C(O)C(O)C(O)C(O)C(O)CO.CCCCCCCCCCCCCCCCCC(=O)O.CCCCCCCCCCCCCCCCCC(=O)O.O. The van der Waals surface area contributed by atoms with Gasteiger partial charge in [0.05, 0.1) is 13.2 Å². The highest BCUT2D eigenvalue weighted by Gasteiger charge is 2.32. The van der Waals surface area contributed by atoms with Gasteiger partial charge in [0, 0.05) is 12.8 Å². The van der Waals surface area contributed by atoms with Crippen LogP contribution >= 0.6 is 0 Å². The summed E-state index contributed by atoms with van der Waals surface area (Å²) in [5, 5.41) is 125. The zero-order chi connectivity index (χ0) is 52.4. The molecule has 0 aromatic rings. The van der Waals surface area contributed by atoms with Crippen molar-refractivity contribution in [2.24, 2.45) is 0 Å². The summed E-state index contributed by atoms with van der Waals surface area (Å²) in [5.74, 6) is -2.33. The lowest BCUT2D eigenvalue weighted by Gasteiger charge is -2.25. The van der Waals surface area contributed by atoms with Gasteiger partial charge in [0.15, 0.2) is 0 Å². The maximum atomic E-state index is 10.3. The van der Waals surface area contributed by atoms with Gasteiger partial charge in [-0.15, -0.1) is 0 Å². The number of aliphatic hydroxyl groups excluding tert-OH is 12. The molecule has 0 spiro atoms. The lowest BCUT2D eigenvalue weighted by Crippen LogP contribution is -2.46. The van der Waals surface area contributed by atoms with Crippen LogP contribution in [0.1, 0.15) is 233 Å². The van der Waals surface area contributed by atoms with Crippen molar-refractivity contribution >= 4 is 11.9 Å². The highest BCUT2D eigenvalue weighted by Crippen LogP contribution is 2.16. The predicted octanol–water partition coefficient (Wildman–Crippen LogP) is 7.61. The van der Waals surface area contributed by atoms with E-state index in [0.717, 1.165) is 37.8 Å². The Morgan fingerprint density at radius 2 is 0.536 bits per heavy atom. The fourth-order valence-corrected chi connectivity index (χ4v) is 7.03. The number of hydrogen-bond donors (Lipinski definition) is 14. The van der Waals surface area contributed by atoms with Gasteiger partial charge >= 0.3 is 11.9 Å². The van der Waals surface area contributed by atoms with Gasteiger partial charge in [-0.05, 0) is 38.8 Å². The number of carbonyl (C=O) groups is 2. The molecular formula is C52H106O17. The van der Waals surface area contributed by atoms with Crippen molar-refractivity contribution in [3.8, 4) is 0 Å². The minimum absolute atomic E-state index is 0. The Morgan fingerprint density at radius 1 is 0.348 bits per heavy atom. The fourth-order valence-electron chi connectivity index (χ4n) is 7.03. The van der Waals surface area contributed by atoms with Crippen molar-refractivity contribution in [2.45, 2.75) is 282 Å². The number of rotatable bonds is 42. The molecule has 17 nitrogen and oxygen atoms in total. The molecule has 8 atom stereocenters. The van der Waals surface area contributed by atoms with Crippen LogP contribution in [0.4, 0.5) is 0 Å². The van der Waals surface area contributed by atoms with E-state index in [0.29, 0.717) is 12.8 Å². The smallest absolute Gasteiger partial charge is 0.303 e. The molecule has 0 saturated carbocycles. The Hall–Kier alpha value is -2.42. The van der Waals surface area contributed by atoms with Gasteiger partial charge in [-0.1, -0.05) is 194 Å². The standard InChI is InChI=1S/2C18H36O2.2C8H16O6.H2O/c2*1-2-3-4-5-6-7-8-9-10-11-12-13-14-15-16-17-18(19)20;2*1-2-4(10)6(12)8(14)7(13)5(11)3-9;/h2*2-17H2,1H3,(H,19,20);2*2,5-14H,3H2,1H3;1H2. The van der Waals surface area contributed by atoms with E-state index in [-0.39, 0.29) is 5.48 Å². The number of carboxylic acids is 2. The first-order valence-electron chi connectivity index (χ1n) is 26.2. The zero-order valence-electron chi connectivity index (χ0n) is 43.4. The topological polar surface area (TPSA) is 349 Å². The van der Waals surface area contributed by atoms with Crippen LogP contribution in [0.15, 0.2) is 23.7 Å². The quantitative estimate of drug-likeness (QED) is 0.0207. The average molecular weight is 1000 g/mol. The lowest BCUT2D eigenvalue weighted by atomic mass is 10.0. The molecule has 0 aromatic carbocycles. The number of unbranched alkanes of at least 4 members (excludes halogenated alkanes) is 28. The second-order valence-corrected chi connectivity index (χ2v) is 18.0. The second-order valence-electron chi connectivity index (χ2n) is 18.0. The molecule has 0 saturated heterocycles. The Kier molecular flexibility index (Phi) is 61.8. The molecule has 69 heavy (non-hydrogen) atoms. The van der Waals surface area contributed by atoms with Crippen LogP contribution in [0.2, 0.25) is 0 Å². The molecule has 416 valence electrons. The minimum Gasteiger partial charge on any atom is -0.510 e. The van der Waals surface area contributed by atoms with Crippen LogP contribution in [0.3, 0.4) is 0 Å².